The number of rotatable bonds is 5. The number of halogens is 1. The number of aromatic nitrogens is 2. The Hall–Kier alpha value is -2.76. The van der Waals surface area contributed by atoms with Gasteiger partial charge in [-0.25, -0.2) is 0 Å². The molecule has 0 spiro atoms. The molecule has 0 saturated carbocycles. The summed E-state index contributed by atoms with van der Waals surface area (Å²) >= 11 is 3.44. The molecule has 28 heavy (non-hydrogen) atoms. The van der Waals surface area contributed by atoms with Crippen molar-refractivity contribution in [3.05, 3.63) is 105 Å². The normalized spacial score (nSPS) is 12.1. The highest BCUT2D eigenvalue weighted by Crippen LogP contribution is 2.34. The minimum absolute atomic E-state index is 0.563. The van der Waals surface area contributed by atoms with Crippen LogP contribution >= 0.6 is 15.9 Å². The number of aliphatic hydroxyl groups excluding tert-OH is 1. The molecule has 0 bridgehead atoms. The summed E-state index contributed by atoms with van der Waals surface area (Å²) in [4.78, 5) is 4.69. The van der Waals surface area contributed by atoms with E-state index in [1.165, 1.54) is 5.56 Å². The number of aliphatic hydroxyl groups is 1. The van der Waals surface area contributed by atoms with Gasteiger partial charge in [0.15, 0.2) is 5.76 Å². The summed E-state index contributed by atoms with van der Waals surface area (Å²) in [5, 5.41) is 15.2. The monoisotopic (exact) mass is 434 g/mol. The molecule has 4 aromatic rings. The molecule has 1 atom stereocenters. The predicted molar refractivity (Wildman–Crippen MR) is 112 cm³/mol. The van der Waals surface area contributed by atoms with E-state index in [-0.39, 0.29) is 0 Å². The van der Waals surface area contributed by atoms with Crippen LogP contribution < -0.4 is 0 Å². The van der Waals surface area contributed by atoms with E-state index in [2.05, 4.69) is 38.2 Å². The van der Waals surface area contributed by atoms with E-state index < -0.39 is 6.10 Å². The highest BCUT2D eigenvalue weighted by Gasteiger charge is 2.24. The molecule has 0 aliphatic rings. The fourth-order valence-corrected chi connectivity index (χ4v) is 3.47. The number of aryl methyl sites for hydroxylation is 1. The summed E-state index contributed by atoms with van der Waals surface area (Å²) in [7, 11) is 0. The molecule has 0 amide bonds. The van der Waals surface area contributed by atoms with Crippen molar-refractivity contribution in [1.82, 2.24) is 10.1 Å². The van der Waals surface area contributed by atoms with Crippen LogP contribution in [0.25, 0.3) is 11.3 Å². The smallest absolute Gasteiger partial charge is 0.173 e. The van der Waals surface area contributed by atoms with E-state index in [0.29, 0.717) is 29.1 Å². The van der Waals surface area contributed by atoms with Gasteiger partial charge in [0.05, 0.1) is 17.0 Å². The zero-order valence-corrected chi connectivity index (χ0v) is 16.9. The molecule has 1 unspecified atom stereocenters. The van der Waals surface area contributed by atoms with Crippen LogP contribution in [0.2, 0.25) is 0 Å². The van der Waals surface area contributed by atoms with Gasteiger partial charge in [-0.1, -0.05) is 69.6 Å². The second kappa shape index (κ2) is 8.09. The first-order valence-corrected chi connectivity index (χ1v) is 9.81. The summed E-state index contributed by atoms with van der Waals surface area (Å²) < 4.78 is 6.51. The number of pyridine rings is 1. The van der Waals surface area contributed by atoms with E-state index in [9.17, 15) is 5.11 Å². The van der Waals surface area contributed by atoms with Crippen LogP contribution in [-0.2, 0) is 6.42 Å². The molecule has 0 radical (unpaired) electrons. The molecular weight excluding hydrogens is 416 g/mol. The molecule has 0 aliphatic heterocycles. The molecular formula is C23H19BrN2O2. The second-order valence-electron chi connectivity index (χ2n) is 6.64. The quantitative estimate of drug-likeness (QED) is 0.451. The van der Waals surface area contributed by atoms with Crippen molar-refractivity contribution in [3.63, 3.8) is 0 Å². The van der Waals surface area contributed by atoms with Gasteiger partial charge in [-0.15, -0.1) is 0 Å². The van der Waals surface area contributed by atoms with Crippen LogP contribution in [0.1, 0.15) is 34.3 Å². The Balaban J connectivity index is 1.67. The Labute approximate surface area is 172 Å². The summed E-state index contributed by atoms with van der Waals surface area (Å²) in [6.45, 7) is 1.83. The molecule has 0 aliphatic carbocycles. The number of hydrogen-bond donors (Lipinski definition) is 1. The fourth-order valence-electron chi connectivity index (χ4n) is 3.21. The van der Waals surface area contributed by atoms with Gasteiger partial charge >= 0.3 is 0 Å². The lowest BCUT2D eigenvalue weighted by Gasteiger charge is -2.12. The minimum Gasteiger partial charge on any atom is -0.382 e. The number of benzene rings is 2. The standard InChI is InChI=1S/C23H19BrN2O2/c1-15-21(23(28-26-15)17-10-12-18(24)13-11-17)22(27)20-9-5-8-19(25-20)14-16-6-3-2-4-7-16/h2-13,22,27H,14H2,1H3. The Morgan fingerprint density at radius 2 is 1.71 bits per heavy atom. The number of hydrogen-bond acceptors (Lipinski definition) is 4. The Bertz CT molecular complexity index is 1080. The summed E-state index contributed by atoms with van der Waals surface area (Å²) in [6.07, 6.45) is -0.204. The SMILES string of the molecule is Cc1noc(-c2ccc(Br)cc2)c1C(O)c1cccc(Cc2ccccc2)n1. The van der Waals surface area contributed by atoms with Crippen LogP contribution in [0.3, 0.4) is 0 Å². The Kier molecular flexibility index (Phi) is 5.37. The lowest BCUT2D eigenvalue weighted by atomic mass is 9.99. The van der Waals surface area contributed by atoms with Crippen molar-refractivity contribution >= 4 is 15.9 Å². The van der Waals surface area contributed by atoms with Gasteiger partial charge in [-0.3, -0.25) is 4.98 Å². The van der Waals surface area contributed by atoms with E-state index in [1.54, 1.807) is 0 Å². The van der Waals surface area contributed by atoms with Crippen molar-refractivity contribution in [2.75, 3.05) is 0 Å². The van der Waals surface area contributed by atoms with Crippen molar-refractivity contribution < 1.29 is 9.63 Å². The van der Waals surface area contributed by atoms with E-state index in [4.69, 9.17) is 4.52 Å². The Morgan fingerprint density at radius 1 is 0.964 bits per heavy atom. The third-order valence-corrected chi connectivity index (χ3v) is 5.15. The molecule has 2 aromatic carbocycles. The van der Waals surface area contributed by atoms with Crippen molar-refractivity contribution in [1.29, 1.82) is 0 Å². The van der Waals surface area contributed by atoms with Gasteiger partial charge < -0.3 is 9.63 Å². The van der Waals surface area contributed by atoms with Crippen LogP contribution in [-0.4, -0.2) is 15.2 Å². The van der Waals surface area contributed by atoms with Crippen LogP contribution in [0.15, 0.2) is 81.8 Å². The van der Waals surface area contributed by atoms with E-state index in [0.717, 1.165) is 15.7 Å². The van der Waals surface area contributed by atoms with Gasteiger partial charge in [-0.2, -0.15) is 0 Å². The molecule has 140 valence electrons. The maximum absolute atomic E-state index is 11.1. The molecule has 0 saturated heterocycles. The zero-order valence-electron chi connectivity index (χ0n) is 15.3. The number of nitrogens with zero attached hydrogens (tertiary/aromatic N) is 2. The lowest BCUT2D eigenvalue weighted by Crippen LogP contribution is -2.06. The minimum atomic E-state index is -0.916. The van der Waals surface area contributed by atoms with Crippen molar-refractivity contribution in [2.24, 2.45) is 0 Å². The summed E-state index contributed by atoms with van der Waals surface area (Å²) in [5.74, 6) is 0.563. The van der Waals surface area contributed by atoms with Crippen LogP contribution in [0.5, 0.6) is 0 Å². The van der Waals surface area contributed by atoms with E-state index in [1.807, 2.05) is 67.6 Å². The van der Waals surface area contributed by atoms with Gasteiger partial charge in [0.2, 0.25) is 0 Å². The lowest BCUT2D eigenvalue weighted by molar-refractivity contribution is 0.214. The highest BCUT2D eigenvalue weighted by atomic mass is 79.9. The topological polar surface area (TPSA) is 59.2 Å². The molecule has 2 aromatic heterocycles. The first kappa shape index (κ1) is 18.6. The third kappa shape index (κ3) is 3.91. The van der Waals surface area contributed by atoms with Gasteiger partial charge in [0.25, 0.3) is 0 Å². The van der Waals surface area contributed by atoms with Gasteiger partial charge in [0.1, 0.15) is 6.10 Å². The second-order valence-corrected chi connectivity index (χ2v) is 7.55. The Morgan fingerprint density at radius 3 is 2.46 bits per heavy atom. The summed E-state index contributed by atoms with van der Waals surface area (Å²) in [6, 6.07) is 23.6. The average molecular weight is 435 g/mol. The van der Waals surface area contributed by atoms with Crippen LogP contribution in [0.4, 0.5) is 0 Å². The summed E-state index contributed by atoms with van der Waals surface area (Å²) in [5.41, 5.74) is 4.82. The van der Waals surface area contributed by atoms with Crippen molar-refractivity contribution in [2.45, 2.75) is 19.4 Å². The van der Waals surface area contributed by atoms with Gasteiger partial charge in [-0.05, 0) is 36.8 Å². The first-order valence-electron chi connectivity index (χ1n) is 9.02. The van der Waals surface area contributed by atoms with Crippen molar-refractivity contribution in [3.8, 4) is 11.3 Å². The zero-order chi connectivity index (χ0) is 19.5. The van der Waals surface area contributed by atoms with E-state index >= 15 is 0 Å². The van der Waals surface area contributed by atoms with Crippen LogP contribution in [0, 0.1) is 6.92 Å². The molecule has 4 nitrogen and oxygen atoms in total. The maximum atomic E-state index is 11.1. The molecule has 2 heterocycles. The molecule has 1 N–H and O–H groups in total. The fraction of sp³-hybridized carbons (Fsp3) is 0.130. The highest BCUT2D eigenvalue weighted by molar-refractivity contribution is 9.10. The largest absolute Gasteiger partial charge is 0.382 e. The third-order valence-electron chi connectivity index (χ3n) is 4.62. The average Bonchev–Trinajstić information content (AvgIpc) is 3.10. The molecule has 5 heteroatoms. The molecule has 0 fully saturated rings. The predicted octanol–water partition coefficient (Wildman–Crippen LogP) is 5.48. The maximum Gasteiger partial charge on any atom is 0.173 e. The van der Waals surface area contributed by atoms with Gasteiger partial charge in [0, 0.05) is 22.2 Å². The molecule has 4 rings (SSSR count). The first-order chi connectivity index (χ1) is 13.6.